The highest BCUT2D eigenvalue weighted by atomic mass is 32.2. The first-order valence-electron chi connectivity index (χ1n) is 11.0. The summed E-state index contributed by atoms with van der Waals surface area (Å²) in [6, 6.07) is 9.26. The Bertz CT molecular complexity index is 1190. The minimum absolute atomic E-state index is 0.0310. The molecule has 1 unspecified atom stereocenters. The predicted molar refractivity (Wildman–Crippen MR) is 123 cm³/mol. The van der Waals surface area contributed by atoms with Crippen LogP contribution in [0, 0.1) is 11.7 Å². The molecule has 3 aromatic rings. The van der Waals surface area contributed by atoms with Gasteiger partial charge in [0.1, 0.15) is 16.5 Å². The summed E-state index contributed by atoms with van der Waals surface area (Å²) in [5.41, 5.74) is 1.13. The molecule has 2 aromatic heterocycles. The number of halogens is 1. The van der Waals surface area contributed by atoms with E-state index in [-0.39, 0.29) is 22.3 Å². The number of aromatic nitrogens is 2. The number of rotatable bonds is 8. The maximum absolute atomic E-state index is 15.3. The van der Waals surface area contributed by atoms with Gasteiger partial charge in [0.25, 0.3) is 10.0 Å². The highest BCUT2D eigenvalue weighted by molar-refractivity contribution is 7.90. The summed E-state index contributed by atoms with van der Waals surface area (Å²) < 4.78 is 54.3. The lowest BCUT2D eigenvalue weighted by atomic mass is 9.95. The maximum Gasteiger partial charge on any atom is 0.269 e. The molecule has 0 spiro atoms. The van der Waals surface area contributed by atoms with Crippen molar-refractivity contribution in [2.24, 2.45) is 5.92 Å². The van der Waals surface area contributed by atoms with Crippen molar-refractivity contribution >= 4 is 10.0 Å². The van der Waals surface area contributed by atoms with Crippen LogP contribution in [0.3, 0.4) is 0 Å². The molecule has 0 radical (unpaired) electrons. The zero-order chi connectivity index (χ0) is 23.4. The van der Waals surface area contributed by atoms with Gasteiger partial charge in [-0.05, 0) is 68.6 Å². The molecule has 0 amide bonds. The monoisotopic (exact) mass is 473 g/mol. The lowest BCUT2D eigenvalue weighted by Gasteiger charge is -2.28. The van der Waals surface area contributed by atoms with E-state index >= 15 is 4.39 Å². The smallest absolute Gasteiger partial charge is 0.269 e. The number of nitrogens with zero attached hydrogens (tertiary/aromatic N) is 2. The maximum atomic E-state index is 15.3. The van der Waals surface area contributed by atoms with Crippen LogP contribution < -0.4 is 10.1 Å². The van der Waals surface area contributed by atoms with Gasteiger partial charge in [0.15, 0.2) is 0 Å². The van der Waals surface area contributed by atoms with E-state index in [1.165, 1.54) is 30.7 Å². The summed E-state index contributed by atoms with van der Waals surface area (Å²) in [6.07, 6.45) is 6.04. The third kappa shape index (κ3) is 5.10. The number of hydrogen-bond acceptors (Lipinski definition) is 6. The van der Waals surface area contributed by atoms with E-state index in [9.17, 15) is 8.42 Å². The second-order valence-corrected chi connectivity index (χ2v) is 9.98. The van der Waals surface area contributed by atoms with E-state index in [1.54, 1.807) is 31.3 Å². The first kappa shape index (κ1) is 23.4. The van der Waals surface area contributed by atoms with Crippen LogP contribution in [0.2, 0.25) is 0 Å². The summed E-state index contributed by atoms with van der Waals surface area (Å²) in [6.45, 7) is 3.84. The highest BCUT2D eigenvalue weighted by Crippen LogP contribution is 2.32. The van der Waals surface area contributed by atoms with Crippen LogP contribution in [-0.2, 0) is 21.3 Å². The quantitative estimate of drug-likeness (QED) is 0.535. The number of hydrogen-bond donors (Lipinski definition) is 1. The standard InChI is InChI=1S/C24H28FN3O4S/c1-17(19-7-10-31-11-8-19)32-20-5-6-22(23(25)13-20)24-12-18(14-26-2)16-28(24)33(29,30)21-4-3-9-27-15-21/h3-6,9,12-13,15-17,19,26H,7-8,10-11,14H2,1-2H3. The van der Waals surface area contributed by atoms with Gasteiger partial charge < -0.3 is 14.8 Å². The highest BCUT2D eigenvalue weighted by Gasteiger charge is 2.25. The van der Waals surface area contributed by atoms with Gasteiger partial charge in [-0.3, -0.25) is 4.98 Å². The molecule has 33 heavy (non-hydrogen) atoms. The number of benzene rings is 1. The average molecular weight is 474 g/mol. The van der Waals surface area contributed by atoms with Gasteiger partial charge in [-0.2, -0.15) is 0 Å². The third-order valence-corrected chi connectivity index (χ3v) is 7.54. The molecule has 0 aliphatic carbocycles. The van der Waals surface area contributed by atoms with Gasteiger partial charge in [-0.1, -0.05) is 0 Å². The number of nitrogens with one attached hydrogen (secondary N) is 1. The van der Waals surface area contributed by atoms with Crippen LogP contribution in [0.1, 0.15) is 25.3 Å². The second-order valence-electron chi connectivity index (χ2n) is 8.17. The van der Waals surface area contributed by atoms with Crippen molar-refractivity contribution in [2.45, 2.75) is 37.3 Å². The summed E-state index contributed by atoms with van der Waals surface area (Å²) in [7, 11) is -2.20. The summed E-state index contributed by atoms with van der Waals surface area (Å²) in [5.74, 6) is 0.217. The van der Waals surface area contributed by atoms with Gasteiger partial charge in [0.05, 0.1) is 11.8 Å². The molecule has 9 heteroatoms. The molecule has 1 N–H and O–H groups in total. The predicted octanol–water partition coefficient (Wildman–Crippen LogP) is 3.84. The summed E-state index contributed by atoms with van der Waals surface area (Å²) in [4.78, 5) is 3.94. The van der Waals surface area contributed by atoms with Crippen molar-refractivity contribution in [2.75, 3.05) is 20.3 Å². The number of pyridine rings is 1. The fourth-order valence-electron chi connectivity index (χ4n) is 4.08. The molecule has 3 heterocycles. The van der Waals surface area contributed by atoms with Crippen molar-refractivity contribution in [1.29, 1.82) is 0 Å². The third-order valence-electron chi connectivity index (χ3n) is 5.88. The minimum atomic E-state index is -3.96. The van der Waals surface area contributed by atoms with Crippen LogP contribution >= 0.6 is 0 Å². The largest absolute Gasteiger partial charge is 0.490 e. The first-order valence-corrected chi connectivity index (χ1v) is 12.4. The van der Waals surface area contributed by atoms with Crippen LogP contribution in [-0.4, -0.2) is 43.7 Å². The van der Waals surface area contributed by atoms with E-state index in [0.717, 1.165) is 16.8 Å². The fraction of sp³-hybridized carbons (Fsp3) is 0.375. The van der Waals surface area contributed by atoms with Gasteiger partial charge in [0.2, 0.25) is 0 Å². The molecule has 1 saturated heterocycles. The van der Waals surface area contributed by atoms with Crippen LogP contribution in [0.5, 0.6) is 5.75 Å². The Labute approximate surface area is 193 Å². The van der Waals surface area contributed by atoms with Crippen molar-refractivity contribution in [1.82, 2.24) is 14.3 Å². The second kappa shape index (κ2) is 10.0. The van der Waals surface area contributed by atoms with E-state index < -0.39 is 15.8 Å². The Morgan fingerprint density at radius 1 is 1.27 bits per heavy atom. The molecule has 7 nitrogen and oxygen atoms in total. The Hall–Kier alpha value is -2.75. The van der Waals surface area contributed by atoms with Crippen LogP contribution in [0.15, 0.2) is 59.9 Å². The first-order chi connectivity index (χ1) is 15.9. The SMILES string of the molecule is CNCc1cc(-c2ccc(OC(C)C3CCOCC3)cc2F)n(S(=O)(=O)c2cccnc2)c1. The molecule has 1 atom stereocenters. The molecule has 1 fully saturated rings. The van der Waals surface area contributed by atoms with Gasteiger partial charge in [0, 0.05) is 50.0 Å². The Balaban J connectivity index is 1.67. The van der Waals surface area contributed by atoms with E-state index in [0.29, 0.717) is 37.0 Å². The van der Waals surface area contributed by atoms with E-state index in [1.807, 2.05) is 6.92 Å². The normalized spacial score (nSPS) is 16.0. The molecule has 1 aliphatic heterocycles. The minimum Gasteiger partial charge on any atom is -0.490 e. The van der Waals surface area contributed by atoms with Crippen molar-refractivity contribution in [3.05, 3.63) is 66.4 Å². The molecule has 0 saturated carbocycles. The zero-order valence-corrected chi connectivity index (χ0v) is 19.5. The van der Waals surface area contributed by atoms with Crippen molar-refractivity contribution in [3.63, 3.8) is 0 Å². The Morgan fingerprint density at radius 2 is 2.06 bits per heavy atom. The summed E-state index contributed by atoms with van der Waals surface area (Å²) >= 11 is 0. The van der Waals surface area contributed by atoms with Gasteiger partial charge in [-0.25, -0.2) is 16.8 Å². The molecule has 4 rings (SSSR count). The lowest BCUT2D eigenvalue weighted by molar-refractivity contribution is 0.0238. The summed E-state index contributed by atoms with van der Waals surface area (Å²) in [5, 5.41) is 3.00. The Morgan fingerprint density at radius 3 is 2.73 bits per heavy atom. The van der Waals surface area contributed by atoms with Gasteiger partial charge >= 0.3 is 0 Å². The average Bonchev–Trinajstić information content (AvgIpc) is 3.25. The lowest BCUT2D eigenvalue weighted by Crippen LogP contribution is -2.29. The van der Waals surface area contributed by atoms with Crippen LogP contribution in [0.4, 0.5) is 4.39 Å². The van der Waals surface area contributed by atoms with Crippen molar-refractivity contribution < 1.29 is 22.3 Å². The molecule has 1 aliphatic rings. The fourth-order valence-corrected chi connectivity index (χ4v) is 5.43. The number of ether oxygens (including phenoxy) is 2. The van der Waals surface area contributed by atoms with Crippen molar-refractivity contribution in [3.8, 4) is 17.0 Å². The topological polar surface area (TPSA) is 82.5 Å². The molecule has 0 bridgehead atoms. The van der Waals surface area contributed by atoms with E-state index in [4.69, 9.17) is 9.47 Å². The van der Waals surface area contributed by atoms with E-state index in [2.05, 4.69) is 10.3 Å². The molecular weight excluding hydrogens is 445 g/mol. The van der Waals surface area contributed by atoms with Gasteiger partial charge in [-0.15, -0.1) is 0 Å². The molecular formula is C24H28FN3O4S. The molecule has 1 aromatic carbocycles. The molecule has 176 valence electrons. The Kier molecular flexibility index (Phi) is 7.11. The zero-order valence-electron chi connectivity index (χ0n) is 18.7. The van der Waals surface area contributed by atoms with Crippen LogP contribution in [0.25, 0.3) is 11.3 Å².